The number of aliphatic carboxylic acids is 1. The van der Waals surface area contributed by atoms with E-state index in [1.165, 1.54) is 0 Å². The zero-order chi connectivity index (χ0) is 14.5. The Labute approximate surface area is 116 Å². The van der Waals surface area contributed by atoms with Gasteiger partial charge >= 0.3 is 5.97 Å². The smallest absolute Gasteiger partial charge is 0.303 e. The van der Waals surface area contributed by atoms with Gasteiger partial charge in [-0.2, -0.15) is 0 Å². The second kappa shape index (κ2) is 6.18. The Morgan fingerprint density at radius 2 is 2.10 bits per heavy atom. The molecule has 0 aromatic heterocycles. The molecule has 2 amide bonds. The monoisotopic (exact) mass is 276 g/mol. The minimum Gasteiger partial charge on any atom is -0.481 e. The van der Waals surface area contributed by atoms with E-state index in [2.05, 4.69) is 10.6 Å². The van der Waals surface area contributed by atoms with Crippen molar-refractivity contribution in [3.05, 3.63) is 29.8 Å². The highest BCUT2D eigenvalue weighted by molar-refractivity contribution is 5.99. The van der Waals surface area contributed by atoms with Crippen molar-refractivity contribution in [2.45, 2.75) is 31.7 Å². The fourth-order valence-electron chi connectivity index (χ4n) is 2.13. The molecule has 1 aliphatic heterocycles. The van der Waals surface area contributed by atoms with Crippen molar-refractivity contribution >= 4 is 23.5 Å². The van der Waals surface area contributed by atoms with Gasteiger partial charge in [0.2, 0.25) is 11.8 Å². The van der Waals surface area contributed by atoms with Crippen molar-refractivity contribution in [2.24, 2.45) is 0 Å². The maximum absolute atomic E-state index is 12.0. The molecule has 1 aromatic carbocycles. The molecule has 0 radical (unpaired) electrons. The Bertz CT molecular complexity index is 542. The van der Waals surface area contributed by atoms with Gasteiger partial charge < -0.3 is 15.7 Å². The van der Waals surface area contributed by atoms with Crippen LogP contribution in [0.4, 0.5) is 5.69 Å². The summed E-state index contributed by atoms with van der Waals surface area (Å²) in [5.74, 6) is -1.27. The maximum Gasteiger partial charge on any atom is 0.303 e. The van der Waals surface area contributed by atoms with Crippen LogP contribution >= 0.6 is 0 Å². The predicted octanol–water partition coefficient (Wildman–Crippen LogP) is 0.921. The minimum atomic E-state index is -0.880. The largest absolute Gasteiger partial charge is 0.481 e. The number of para-hydroxylation sites is 1. The van der Waals surface area contributed by atoms with E-state index in [9.17, 15) is 14.4 Å². The number of carbonyl (C=O) groups is 3. The SMILES string of the molecule is O=C(O)CCc1ccccc1NC(=O)[C@H]1CCC(=O)N1. The van der Waals surface area contributed by atoms with Gasteiger partial charge in [-0.05, 0) is 24.5 Å². The Balaban J connectivity index is 2.03. The summed E-state index contributed by atoms with van der Waals surface area (Å²) in [5.41, 5.74) is 1.37. The summed E-state index contributed by atoms with van der Waals surface area (Å²) in [5, 5.41) is 14.1. The lowest BCUT2D eigenvalue weighted by atomic mass is 10.1. The Morgan fingerprint density at radius 1 is 1.35 bits per heavy atom. The van der Waals surface area contributed by atoms with Gasteiger partial charge in [-0.3, -0.25) is 14.4 Å². The van der Waals surface area contributed by atoms with E-state index in [1.807, 2.05) is 0 Å². The van der Waals surface area contributed by atoms with E-state index in [0.29, 0.717) is 24.9 Å². The molecule has 6 nitrogen and oxygen atoms in total. The van der Waals surface area contributed by atoms with Crippen LogP contribution in [0, 0.1) is 0 Å². The Kier molecular flexibility index (Phi) is 4.34. The van der Waals surface area contributed by atoms with E-state index in [0.717, 1.165) is 5.56 Å². The predicted molar refractivity (Wildman–Crippen MR) is 72.2 cm³/mol. The zero-order valence-corrected chi connectivity index (χ0v) is 10.9. The third-order valence-corrected chi connectivity index (χ3v) is 3.20. The van der Waals surface area contributed by atoms with Crippen LogP contribution < -0.4 is 10.6 Å². The third-order valence-electron chi connectivity index (χ3n) is 3.20. The number of amides is 2. The van der Waals surface area contributed by atoms with Gasteiger partial charge in [0.15, 0.2) is 0 Å². The Hall–Kier alpha value is -2.37. The molecule has 0 saturated carbocycles. The standard InChI is InChI=1S/C14H16N2O4/c17-12-7-6-11(15-12)14(20)16-10-4-2-1-3-9(10)5-8-13(18)19/h1-4,11H,5-8H2,(H,15,17)(H,16,20)(H,18,19)/t11-/m1/s1. The van der Waals surface area contributed by atoms with Crippen molar-refractivity contribution in [3.8, 4) is 0 Å². The number of aryl methyl sites for hydroxylation is 1. The number of rotatable bonds is 5. The van der Waals surface area contributed by atoms with E-state index in [4.69, 9.17) is 5.11 Å². The molecule has 0 bridgehead atoms. The van der Waals surface area contributed by atoms with Crippen LogP contribution in [-0.2, 0) is 20.8 Å². The quantitative estimate of drug-likeness (QED) is 0.745. The van der Waals surface area contributed by atoms with E-state index in [1.54, 1.807) is 24.3 Å². The molecule has 106 valence electrons. The summed E-state index contributed by atoms with van der Waals surface area (Å²) in [7, 11) is 0. The van der Waals surface area contributed by atoms with Gasteiger partial charge in [-0.15, -0.1) is 0 Å². The summed E-state index contributed by atoms with van der Waals surface area (Å²) in [4.78, 5) is 33.7. The molecule has 1 aromatic rings. The molecule has 20 heavy (non-hydrogen) atoms. The average molecular weight is 276 g/mol. The van der Waals surface area contributed by atoms with Crippen molar-refractivity contribution in [3.63, 3.8) is 0 Å². The highest BCUT2D eigenvalue weighted by atomic mass is 16.4. The van der Waals surface area contributed by atoms with Crippen molar-refractivity contribution in [1.82, 2.24) is 5.32 Å². The molecular weight excluding hydrogens is 260 g/mol. The maximum atomic E-state index is 12.0. The molecule has 1 atom stereocenters. The molecular formula is C14H16N2O4. The first kappa shape index (κ1) is 14.0. The van der Waals surface area contributed by atoms with Crippen LogP contribution in [-0.4, -0.2) is 28.9 Å². The van der Waals surface area contributed by atoms with Gasteiger partial charge in [0.1, 0.15) is 6.04 Å². The molecule has 6 heteroatoms. The van der Waals surface area contributed by atoms with Crippen molar-refractivity contribution in [2.75, 3.05) is 5.32 Å². The lowest BCUT2D eigenvalue weighted by molar-refractivity contribution is -0.137. The first-order chi connectivity index (χ1) is 9.56. The summed E-state index contributed by atoms with van der Waals surface area (Å²) >= 11 is 0. The first-order valence-corrected chi connectivity index (χ1v) is 6.46. The molecule has 1 saturated heterocycles. The second-order valence-electron chi connectivity index (χ2n) is 4.70. The summed E-state index contributed by atoms with van der Waals surface area (Å²) in [6.07, 6.45) is 1.20. The van der Waals surface area contributed by atoms with Gasteiger partial charge in [0.05, 0.1) is 0 Å². The second-order valence-corrected chi connectivity index (χ2v) is 4.70. The van der Waals surface area contributed by atoms with Gasteiger partial charge in [0, 0.05) is 18.5 Å². The van der Waals surface area contributed by atoms with Gasteiger partial charge in [-0.25, -0.2) is 0 Å². The number of carboxylic acid groups (broad SMARTS) is 1. The molecule has 1 fully saturated rings. The number of benzene rings is 1. The molecule has 3 N–H and O–H groups in total. The normalized spacial score (nSPS) is 17.6. The van der Waals surface area contributed by atoms with Crippen LogP contribution in [0.5, 0.6) is 0 Å². The summed E-state index contributed by atoms with van der Waals surface area (Å²) in [6.45, 7) is 0. The van der Waals surface area contributed by atoms with Crippen LogP contribution in [0.3, 0.4) is 0 Å². The van der Waals surface area contributed by atoms with Crippen LogP contribution in [0.1, 0.15) is 24.8 Å². The number of hydrogen-bond acceptors (Lipinski definition) is 3. The highest BCUT2D eigenvalue weighted by Gasteiger charge is 2.27. The van der Waals surface area contributed by atoms with Crippen molar-refractivity contribution in [1.29, 1.82) is 0 Å². The molecule has 0 spiro atoms. The first-order valence-electron chi connectivity index (χ1n) is 6.46. The van der Waals surface area contributed by atoms with Crippen LogP contribution in [0.15, 0.2) is 24.3 Å². The lowest BCUT2D eigenvalue weighted by Gasteiger charge is -2.13. The highest BCUT2D eigenvalue weighted by Crippen LogP contribution is 2.18. The van der Waals surface area contributed by atoms with E-state index < -0.39 is 12.0 Å². The topological polar surface area (TPSA) is 95.5 Å². The lowest BCUT2D eigenvalue weighted by Crippen LogP contribution is -2.37. The number of carbonyl (C=O) groups excluding carboxylic acids is 2. The van der Waals surface area contributed by atoms with Crippen molar-refractivity contribution < 1.29 is 19.5 Å². The minimum absolute atomic E-state index is 0.00699. The molecule has 1 aliphatic rings. The zero-order valence-electron chi connectivity index (χ0n) is 10.9. The Morgan fingerprint density at radius 3 is 2.75 bits per heavy atom. The summed E-state index contributed by atoms with van der Waals surface area (Å²) < 4.78 is 0. The third kappa shape index (κ3) is 3.57. The fraction of sp³-hybridized carbons (Fsp3) is 0.357. The summed E-state index contributed by atoms with van der Waals surface area (Å²) in [6, 6.07) is 6.57. The van der Waals surface area contributed by atoms with E-state index in [-0.39, 0.29) is 18.2 Å². The van der Waals surface area contributed by atoms with E-state index >= 15 is 0 Å². The van der Waals surface area contributed by atoms with Crippen LogP contribution in [0.25, 0.3) is 0 Å². The van der Waals surface area contributed by atoms with Crippen LogP contribution in [0.2, 0.25) is 0 Å². The molecule has 0 unspecified atom stereocenters. The molecule has 2 rings (SSSR count). The average Bonchev–Trinajstić information content (AvgIpc) is 2.84. The number of nitrogens with one attached hydrogen (secondary N) is 2. The van der Waals surface area contributed by atoms with Gasteiger partial charge in [-0.1, -0.05) is 18.2 Å². The fourth-order valence-corrected chi connectivity index (χ4v) is 2.13. The molecule has 1 heterocycles. The number of hydrogen-bond donors (Lipinski definition) is 3. The number of carboxylic acids is 1. The van der Waals surface area contributed by atoms with Gasteiger partial charge in [0.25, 0.3) is 0 Å². The number of anilines is 1. The molecule has 0 aliphatic carbocycles.